The Bertz CT molecular complexity index is 299. The lowest BCUT2D eigenvalue weighted by molar-refractivity contribution is -0.119. The number of amides is 1. The zero-order valence-electron chi connectivity index (χ0n) is 6.90. The van der Waals surface area contributed by atoms with Crippen LogP contribution in [0.15, 0.2) is 22.8 Å². The lowest BCUT2D eigenvalue weighted by atomic mass is 10.1. The quantitative estimate of drug-likeness (QED) is 0.796. The van der Waals surface area contributed by atoms with Crippen molar-refractivity contribution in [3.05, 3.63) is 28.5 Å². The number of aromatic nitrogens is 1. The number of nitrogens with two attached hydrogens (primary N) is 2. The molecule has 13 heavy (non-hydrogen) atoms. The minimum absolute atomic E-state index is 0.378. The number of halogens is 1. The molecule has 1 rings (SSSR count). The zero-order valence-corrected chi connectivity index (χ0v) is 8.49. The fourth-order valence-corrected chi connectivity index (χ4v) is 1.09. The maximum atomic E-state index is 10.6. The Labute approximate surface area is 84.5 Å². The molecule has 1 unspecified atom stereocenters. The van der Waals surface area contributed by atoms with Crippen LogP contribution >= 0.6 is 15.9 Å². The third kappa shape index (κ3) is 3.12. The Balaban J connectivity index is 2.64. The number of nitrogens with zero attached hydrogens (tertiary/aromatic N) is 1. The van der Waals surface area contributed by atoms with Crippen molar-refractivity contribution in [1.82, 2.24) is 4.98 Å². The molecule has 0 bridgehead atoms. The van der Waals surface area contributed by atoms with E-state index in [4.69, 9.17) is 11.5 Å². The van der Waals surface area contributed by atoms with Crippen molar-refractivity contribution in [3.63, 3.8) is 0 Å². The van der Waals surface area contributed by atoms with Gasteiger partial charge in [-0.15, -0.1) is 0 Å². The van der Waals surface area contributed by atoms with Crippen LogP contribution in [0.1, 0.15) is 5.69 Å². The van der Waals surface area contributed by atoms with Crippen LogP contribution in [0.4, 0.5) is 0 Å². The summed E-state index contributed by atoms with van der Waals surface area (Å²) in [5, 5.41) is 0. The Morgan fingerprint density at radius 1 is 1.62 bits per heavy atom. The maximum Gasteiger partial charge on any atom is 0.234 e. The molecule has 0 aliphatic heterocycles. The van der Waals surface area contributed by atoms with Gasteiger partial charge in [-0.05, 0) is 28.1 Å². The maximum absolute atomic E-state index is 10.6. The van der Waals surface area contributed by atoms with Crippen molar-refractivity contribution < 1.29 is 4.79 Å². The van der Waals surface area contributed by atoms with Crippen molar-refractivity contribution in [2.24, 2.45) is 11.5 Å². The molecular formula is C8H10BrN3O. The van der Waals surface area contributed by atoms with Crippen molar-refractivity contribution in [2.75, 3.05) is 0 Å². The predicted molar refractivity (Wildman–Crippen MR) is 52.8 cm³/mol. The Morgan fingerprint density at radius 3 is 2.77 bits per heavy atom. The van der Waals surface area contributed by atoms with Gasteiger partial charge in [0.2, 0.25) is 5.91 Å². The normalized spacial score (nSPS) is 12.5. The van der Waals surface area contributed by atoms with Crippen LogP contribution in [0.25, 0.3) is 0 Å². The predicted octanol–water partition coefficient (Wildman–Crippen LogP) is 0.199. The fourth-order valence-electron chi connectivity index (χ4n) is 0.853. The second kappa shape index (κ2) is 4.34. The van der Waals surface area contributed by atoms with Gasteiger partial charge in [0, 0.05) is 22.8 Å². The van der Waals surface area contributed by atoms with Crippen LogP contribution in [0.5, 0.6) is 0 Å². The molecule has 1 aromatic rings. The number of hydrogen-bond acceptors (Lipinski definition) is 3. The molecule has 4 nitrogen and oxygen atoms in total. The summed E-state index contributed by atoms with van der Waals surface area (Å²) >= 11 is 3.26. The van der Waals surface area contributed by atoms with E-state index in [0.29, 0.717) is 6.42 Å². The molecular weight excluding hydrogens is 234 g/mol. The van der Waals surface area contributed by atoms with Gasteiger partial charge in [-0.1, -0.05) is 0 Å². The highest BCUT2D eigenvalue weighted by Gasteiger charge is 2.10. The summed E-state index contributed by atoms with van der Waals surface area (Å²) < 4.78 is 0.892. The molecule has 0 saturated carbocycles. The first-order valence-corrected chi connectivity index (χ1v) is 4.54. The summed E-state index contributed by atoms with van der Waals surface area (Å²) in [6, 6.07) is 2.98. The summed E-state index contributed by atoms with van der Waals surface area (Å²) in [5.41, 5.74) is 11.2. The summed E-state index contributed by atoms with van der Waals surface area (Å²) in [4.78, 5) is 14.7. The second-order valence-electron chi connectivity index (χ2n) is 2.68. The van der Waals surface area contributed by atoms with Gasteiger partial charge in [0.15, 0.2) is 0 Å². The van der Waals surface area contributed by atoms with Crippen LogP contribution in [0, 0.1) is 0 Å². The number of pyridine rings is 1. The highest BCUT2D eigenvalue weighted by molar-refractivity contribution is 9.10. The van der Waals surface area contributed by atoms with Crippen molar-refractivity contribution in [1.29, 1.82) is 0 Å². The second-order valence-corrected chi connectivity index (χ2v) is 3.60. The molecule has 0 fully saturated rings. The zero-order chi connectivity index (χ0) is 9.84. The molecule has 0 saturated heterocycles. The van der Waals surface area contributed by atoms with Gasteiger partial charge in [-0.3, -0.25) is 9.78 Å². The van der Waals surface area contributed by atoms with Gasteiger partial charge in [0.05, 0.1) is 6.04 Å². The molecule has 0 radical (unpaired) electrons. The van der Waals surface area contributed by atoms with Gasteiger partial charge >= 0.3 is 0 Å². The number of carbonyl (C=O) groups is 1. The van der Waals surface area contributed by atoms with Gasteiger partial charge in [0.1, 0.15) is 0 Å². The number of carbonyl (C=O) groups excluding carboxylic acids is 1. The average molecular weight is 244 g/mol. The first-order valence-electron chi connectivity index (χ1n) is 3.75. The summed E-state index contributed by atoms with van der Waals surface area (Å²) in [6.07, 6.45) is 2.03. The number of hydrogen-bond donors (Lipinski definition) is 2. The third-order valence-corrected chi connectivity index (χ3v) is 2.05. The van der Waals surface area contributed by atoms with Gasteiger partial charge in [0.25, 0.3) is 0 Å². The highest BCUT2D eigenvalue weighted by atomic mass is 79.9. The standard InChI is InChI=1S/C8H10BrN3O/c9-5-1-2-6(12-4-5)3-7(10)8(11)13/h1-2,4,7H,3,10H2,(H2,11,13). The van der Waals surface area contributed by atoms with Crippen LogP contribution in [0.3, 0.4) is 0 Å². The van der Waals surface area contributed by atoms with Crippen molar-refractivity contribution >= 4 is 21.8 Å². The van der Waals surface area contributed by atoms with E-state index in [1.54, 1.807) is 12.3 Å². The SMILES string of the molecule is NC(=O)C(N)Cc1ccc(Br)cn1. The summed E-state index contributed by atoms with van der Waals surface area (Å²) in [5.74, 6) is -0.510. The van der Waals surface area contributed by atoms with E-state index in [-0.39, 0.29) is 0 Å². The molecule has 1 amide bonds. The lowest BCUT2D eigenvalue weighted by Gasteiger charge is -2.05. The molecule has 1 heterocycles. The van der Waals surface area contributed by atoms with E-state index in [2.05, 4.69) is 20.9 Å². The van der Waals surface area contributed by atoms with Gasteiger partial charge in [-0.25, -0.2) is 0 Å². The largest absolute Gasteiger partial charge is 0.368 e. The van der Waals surface area contributed by atoms with Gasteiger partial charge < -0.3 is 11.5 Å². The van der Waals surface area contributed by atoms with E-state index in [9.17, 15) is 4.79 Å². The van der Waals surface area contributed by atoms with Crippen LogP contribution < -0.4 is 11.5 Å². The average Bonchev–Trinajstić information content (AvgIpc) is 2.08. The summed E-state index contributed by atoms with van der Waals surface area (Å²) in [7, 11) is 0. The third-order valence-electron chi connectivity index (χ3n) is 1.58. The molecule has 1 aromatic heterocycles. The van der Waals surface area contributed by atoms with E-state index < -0.39 is 11.9 Å². The monoisotopic (exact) mass is 243 g/mol. The first kappa shape index (κ1) is 10.1. The molecule has 0 spiro atoms. The van der Waals surface area contributed by atoms with Crippen molar-refractivity contribution in [2.45, 2.75) is 12.5 Å². The van der Waals surface area contributed by atoms with Crippen LogP contribution in [0.2, 0.25) is 0 Å². The van der Waals surface area contributed by atoms with E-state index in [1.807, 2.05) is 6.07 Å². The first-order chi connectivity index (χ1) is 6.09. The Hall–Kier alpha value is -0.940. The molecule has 0 aromatic carbocycles. The van der Waals surface area contributed by atoms with Crippen LogP contribution in [-0.4, -0.2) is 16.9 Å². The molecule has 4 N–H and O–H groups in total. The molecule has 1 atom stereocenters. The highest BCUT2D eigenvalue weighted by Crippen LogP contribution is 2.08. The Kier molecular flexibility index (Phi) is 3.39. The molecule has 0 aliphatic carbocycles. The van der Waals surface area contributed by atoms with Gasteiger partial charge in [-0.2, -0.15) is 0 Å². The number of rotatable bonds is 3. The molecule has 0 aliphatic rings. The van der Waals surface area contributed by atoms with Crippen LogP contribution in [-0.2, 0) is 11.2 Å². The minimum atomic E-state index is -0.659. The smallest absolute Gasteiger partial charge is 0.234 e. The molecule has 5 heteroatoms. The Morgan fingerprint density at radius 2 is 2.31 bits per heavy atom. The minimum Gasteiger partial charge on any atom is -0.368 e. The fraction of sp³-hybridized carbons (Fsp3) is 0.250. The topological polar surface area (TPSA) is 82.0 Å². The van der Waals surface area contributed by atoms with Crippen molar-refractivity contribution in [3.8, 4) is 0 Å². The van der Waals surface area contributed by atoms with E-state index in [1.165, 1.54) is 0 Å². The lowest BCUT2D eigenvalue weighted by Crippen LogP contribution is -2.38. The molecule has 70 valence electrons. The van der Waals surface area contributed by atoms with E-state index >= 15 is 0 Å². The number of primary amides is 1. The summed E-state index contributed by atoms with van der Waals surface area (Å²) in [6.45, 7) is 0. The van der Waals surface area contributed by atoms with E-state index in [0.717, 1.165) is 10.2 Å².